The van der Waals surface area contributed by atoms with Crippen LogP contribution in [0.2, 0.25) is 0 Å². The Morgan fingerprint density at radius 3 is 2.45 bits per heavy atom. The Bertz CT molecular complexity index is 760. The Labute approximate surface area is 116 Å². The summed E-state index contributed by atoms with van der Waals surface area (Å²) < 4.78 is 35.8. The SMILES string of the molecule is Cc1c(F)cccc1Nc1ccc(S(N)(=O)=O)cc1N. The molecule has 2 rings (SSSR count). The number of nitrogens with two attached hydrogens (primary N) is 2. The topological polar surface area (TPSA) is 98.2 Å². The fourth-order valence-electron chi connectivity index (χ4n) is 1.72. The molecular formula is C13H14FN3O2S. The summed E-state index contributed by atoms with van der Waals surface area (Å²) in [6.45, 7) is 1.63. The van der Waals surface area contributed by atoms with Crippen LogP contribution in [0.25, 0.3) is 0 Å². The fourth-order valence-corrected chi connectivity index (χ4v) is 2.27. The van der Waals surface area contributed by atoms with E-state index < -0.39 is 10.0 Å². The molecule has 0 radical (unpaired) electrons. The van der Waals surface area contributed by atoms with Crippen molar-refractivity contribution in [2.45, 2.75) is 11.8 Å². The highest BCUT2D eigenvalue weighted by molar-refractivity contribution is 7.89. The molecule has 106 valence electrons. The molecule has 2 aromatic rings. The Kier molecular flexibility index (Phi) is 3.65. The zero-order valence-electron chi connectivity index (χ0n) is 10.7. The predicted molar refractivity (Wildman–Crippen MR) is 76.6 cm³/mol. The lowest BCUT2D eigenvalue weighted by atomic mass is 10.1. The zero-order chi connectivity index (χ0) is 14.9. The van der Waals surface area contributed by atoms with Crippen LogP contribution < -0.4 is 16.2 Å². The third kappa shape index (κ3) is 2.89. The monoisotopic (exact) mass is 295 g/mol. The number of hydrogen-bond acceptors (Lipinski definition) is 4. The van der Waals surface area contributed by atoms with Gasteiger partial charge >= 0.3 is 0 Å². The van der Waals surface area contributed by atoms with Crippen molar-refractivity contribution < 1.29 is 12.8 Å². The number of nitrogen functional groups attached to an aromatic ring is 1. The van der Waals surface area contributed by atoms with Gasteiger partial charge in [0.15, 0.2) is 0 Å². The Balaban J connectivity index is 2.38. The van der Waals surface area contributed by atoms with Gasteiger partial charge in [-0.15, -0.1) is 0 Å². The number of rotatable bonds is 3. The van der Waals surface area contributed by atoms with Crippen molar-refractivity contribution in [2.75, 3.05) is 11.1 Å². The van der Waals surface area contributed by atoms with Crippen molar-refractivity contribution >= 4 is 27.1 Å². The fraction of sp³-hybridized carbons (Fsp3) is 0.0769. The van der Waals surface area contributed by atoms with Crippen molar-refractivity contribution in [3.05, 3.63) is 47.8 Å². The second-order valence-corrected chi connectivity index (χ2v) is 5.89. The minimum Gasteiger partial charge on any atom is -0.397 e. The first-order valence-electron chi connectivity index (χ1n) is 5.73. The van der Waals surface area contributed by atoms with E-state index in [0.29, 0.717) is 16.9 Å². The van der Waals surface area contributed by atoms with Gasteiger partial charge in [0.05, 0.1) is 16.3 Å². The summed E-state index contributed by atoms with van der Waals surface area (Å²) in [5, 5.41) is 7.98. The van der Waals surface area contributed by atoms with E-state index in [1.807, 2.05) is 0 Å². The molecule has 0 aliphatic carbocycles. The number of anilines is 3. The molecule has 0 aliphatic heterocycles. The van der Waals surface area contributed by atoms with E-state index >= 15 is 0 Å². The molecule has 0 spiro atoms. The van der Waals surface area contributed by atoms with Gasteiger partial charge in [-0.3, -0.25) is 0 Å². The van der Waals surface area contributed by atoms with Crippen LogP contribution in [-0.2, 0) is 10.0 Å². The lowest BCUT2D eigenvalue weighted by Crippen LogP contribution is -2.12. The first-order chi connectivity index (χ1) is 9.29. The minimum atomic E-state index is -3.80. The van der Waals surface area contributed by atoms with Crippen LogP contribution in [0.3, 0.4) is 0 Å². The highest BCUT2D eigenvalue weighted by Crippen LogP contribution is 2.27. The standard InChI is InChI=1S/C13H14FN3O2S/c1-8-10(14)3-2-4-12(8)17-13-6-5-9(7-11(13)15)20(16,18)19/h2-7,17H,15H2,1H3,(H2,16,18,19). The molecular weight excluding hydrogens is 281 g/mol. The summed E-state index contributed by atoms with van der Waals surface area (Å²) in [5.74, 6) is -0.338. The number of nitrogens with one attached hydrogen (secondary N) is 1. The number of primary sulfonamides is 1. The summed E-state index contributed by atoms with van der Waals surface area (Å²) in [7, 11) is -3.80. The molecule has 0 heterocycles. The summed E-state index contributed by atoms with van der Waals surface area (Å²) in [6, 6.07) is 8.70. The maximum atomic E-state index is 13.4. The smallest absolute Gasteiger partial charge is 0.238 e. The molecule has 7 heteroatoms. The van der Waals surface area contributed by atoms with E-state index in [-0.39, 0.29) is 16.4 Å². The molecule has 0 unspecified atom stereocenters. The number of benzene rings is 2. The van der Waals surface area contributed by atoms with Crippen molar-refractivity contribution in [2.24, 2.45) is 5.14 Å². The molecule has 0 saturated carbocycles. The molecule has 0 aliphatic rings. The molecule has 0 amide bonds. The molecule has 0 bridgehead atoms. The first kappa shape index (κ1) is 14.3. The lowest BCUT2D eigenvalue weighted by Gasteiger charge is -2.12. The predicted octanol–water partition coefficient (Wildman–Crippen LogP) is 2.11. The Morgan fingerprint density at radius 2 is 1.85 bits per heavy atom. The van der Waals surface area contributed by atoms with Gasteiger partial charge in [-0.05, 0) is 37.3 Å². The van der Waals surface area contributed by atoms with Crippen LogP contribution >= 0.6 is 0 Å². The van der Waals surface area contributed by atoms with Crippen LogP contribution in [0, 0.1) is 12.7 Å². The van der Waals surface area contributed by atoms with E-state index in [2.05, 4.69) is 5.32 Å². The van der Waals surface area contributed by atoms with Gasteiger partial charge in [-0.25, -0.2) is 17.9 Å². The van der Waals surface area contributed by atoms with Gasteiger partial charge in [0.1, 0.15) is 5.82 Å². The summed E-state index contributed by atoms with van der Waals surface area (Å²) in [5.41, 5.74) is 7.47. The van der Waals surface area contributed by atoms with Crippen molar-refractivity contribution in [1.29, 1.82) is 0 Å². The van der Waals surface area contributed by atoms with E-state index in [1.165, 1.54) is 24.3 Å². The second kappa shape index (κ2) is 5.10. The second-order valence-electron chi connectivity index (χ2n) is 4.33. The Morgan fingerprint density at radius 1 is 1.15 bits per heavy atom. The van der Waals surface area contributed by atoms with Gasteiger partial charge in [0.25, 0.3) is 0 Å². The van der Waals surface area contributed by atoms with E-state index in [0.717, 1.165) is 0 Å². The molecule has 0 aromatic heterocycles. The van der Waals surface area contributed by atoms with Gasteiger partial charge in [-0.2, -0.15) is 0 Å². The van der Waals surface area contributed by atoms with Crippen LogP contribution in [0.1, 0.15) is 5.56 Å². The maximum absolute atomic E-state index is 13.4. The lowest BCUT2D eigenvalue weighted by molar-refractivity contribution is 0.598. The molecule has 20 heavy (non-hydrogen) atoms. The van der Waals surface area contributed by atoms with E-state index in [9.17, 15) is 12.8 Å². The van der Waals surface area contributed by atoms with Crippen LogP contribution in [0.4, 0.5) is 21.5 Å². The molecule has 5 nitrogen and oxygen atoms in total. The highest BCUT2D eigenvalue weighted by Gasteiger charge is 2.11. The van der Waals surface area contributed by atoms with Crippen molar-refractivity contribution in [3.8, 4) is 0 Å². The summed E-state index contributed by atoms with van der Waals surface area (Å²) in [4.78, 5) is -0.0727. The largest absolute Gasteiger partial charge is 0.397 e. The molecule has 0 fully saturated rings. The number of hydrogen-bond donors (Lipinski definition) is 3. The third-order valence-corrected chi connectivity index (χ3v) is 3.80. The average molecular weight is 295 g/mol. The number of sulfonamides is 1. The van der Waals surface area contributed by atoms with Gasteiger partial charge in [0.2, 0.25) is 10.0 Å². The molecule has 2 aromatic carbocycles. The third-order valence-electron chi connectivity index (χ3n) is 2.89. The average Bonchev–Trinajstić information content (AvgIpc) is 2.36. The van der Waals surface area contributed by atoms with Crippen LogP contribution in [0.5, 0.6) is 0 Å². The van der Waals surface area contributed by atoms with Gasteiger partial charge < -0.3 is 11.1 Å². The normalized spacial score (nSPS) is 11.3. The summed E-state index contributed by atoms with van der Waals surface area (Å²) in [6.07, 6.45) is 0. The molecule has 5 N–H and O–H groups in total. The van der Waals surface area contributed by atoms with Crippen molar-refractivity contribution in [3.63, 3.8) is 0 Å². The number of halogens is 1. The van der Waals surface area contributed by atoms with E-state index in [4.69, 9.17) is 10.9 Å². The Hall–Kier alpha value is -2.12. The van der Waals surface area contributed by atoms with Crippen molar-refractivity contribution in [1.82, 2.24) is 0 Å². The van der Waals surface area contributed by atoms with Crippen LogP contribution in [0.15, 0.2) is 41.3 Å². The first-order valence-corrected chi connectivity index (χ1v) is 7.28. The minimum absolute atomic E-state index is 0.0727. The molecule has 0 atom stereocenters. The molecule has 0 saturated heterocycles. The van der Waals surface area contributed by atoms with Gasteiger partial charge in [-0.1, -0.05) is 6.07 Å². The van der Waals surface area contributed by atoms with E-state index in [1.54, 1.807) is 19.1 Å². The summed E-state index contributed by atoms with van der Waals surface area (Å²) >= 11 is 0. The highest BCUT2D eigenvalue weighted by atomic mass is 32.2. The zero-order valence-corrected chi connectivity index (χ0v) is 11.5. The van der Waals surface area contributed by atoms with Gasteiger partial charge in [0, 0.05) is 11.3 Å². The maximum Gasteiger partial charge on any atom is 0.238 e. The van der Waals surface area contributed by atoms with Crippen LogP contribution in [-0.4, -0.2) is 8.42 Å². The quantitative estimate of drug-likeness (QED) is 0.755.